The first kappa shape index (κ1) is 25.2. The third-order valence-electron chi connectivity index (χ3n) is 6.16. The first-order valence-corrected chi connectivity index (χ1v) is 12.1. The van der Waals surface area contributed by atoms with Gasteiger partial charge in [0.05, 0.1) is 11.3 Å². The third-order valence-corrected chi connectivity index (χ3v) is 6.42. The summed E-state index contributed by atoms with van der Waals surface area (Å²) in [6.07, 6.45) is 2.87. The van der Waals surface area contributed by atoms with Crippen molar-refractivity contribution in [1.29, 1.82) is 5.26 Å². The second-order valence-electron chi connectivity index (χ2n) is 8.50. The van der Waals surface area contributed by atoms with Crippen LogP contribution < -0.4 is 15.3 Å². The number of amides is 1. The average Bonchev–Trinajstić information content (AvgIpc) is 3.29. The molecule has 0 bridgehead atoms. The summed E-state index contributed by atoms with van der Waals surface area (Å²) in [6.45, 7) is 6.55. The molecule has 1 saturated heterocycles. The molecule has 0 radical (unpaired) electrons. The van der Waals surface area contributed by atoms with E-state index in [0.29, 0.717) is 53.3 Å². The van der Waals surface area contributed by atoms with Crippen LogP contribution in [-0.2, 0) is 4.79 Å². The van der Waals surface area contributed by atoms with E-state index in [4.69, 9.17) is 21.4 Å². The molecule has 1 aliphatic heterocycles. The number of aromatic amines is 1. The number of benzene rings is 2. The molecule has 2 aromatic carbocycles. The SMILES string of the molecule is C=c1[nH]c(-c2ccc(Cl)cc2)c/c1=C(/N=CC)c1ccc(OC2CCN(C(=O)CO)CC2)c(C#N)c1. The predicted octanol–water partition coefficient (Wildman–Crippen LogP) is 3.23. The van der Waals surface area contributed by atoms with E-state index in [1.807, 2.05) is 43.3 Å². The molecular weight excluding hydrogens is 476 g/mol. The number of nitrogens with zero attached hydrogens (tertiary/aromatic N) is 3. The Hall–Kier alpha value is -3.86. The molecule has 7 nitrogen and oxygen atoms in total. The Morgan fingerprint density at radius 1 is 1.28 bits per heavy atom. The second kappa shape index (κ2) is 11.3. The molecule has 4 rings (SSSR count). The van der Waals surface area contributed by atoms with E-state index in [1.165, 1.54) is 0 Å². The van der Waals surface area contributed by atoms with Gasteiger partial charge in [0.15, 0.2) is 0 Å². The normalized spacial score (nSPS) is 15.1. The van der Waals surface area contributed by atoms with Crippen LogP contribution in [0.25, 0.3) is 23.5 Å². The van der Waals surface area contributed by atoms with Crippen LogP contribution in [0.5, 0.6) is 5.75 Å². The maximum Gasteiger partial charge on any atom is 0.248 e. The summed E-state index contributed by atoms with van der Waals surface area (Å²) in [7, 11) is 0. The maximum atomic E-state index is 11.7. The highest BCUT2D eigenvalue weighted by molar-refractivity contribution is 6.30. The van der Waals surface area contributed by atoms with Gasteiger partial charge in [-0.2, -0.15) is 5.26 Å². The van der Waals surface area contributed by atoms with Gasteiger partial charge in [0.1, 0.15) is 24.5 Å². The molecule has 2 heterocycles. The van der Waals surface area contributed by atoms with Gasteiger partial charge in [-0.05, 0) is 48.9 Å². The first-order chi connectivity index (χ1) is 17.4. The van der Waals surface area contributed by atoms with Crippen molar-refractivity contribution < 1.29 is 14.6 Å². The van der Waals surface area contributed by atoms with Crippen LogP contribution in [0.15, 0.2) is 53.5 Å². The van der Waals surface area contributed by atoms with Crippen LogP contribution >= 0.6 is 11.6 Å². The number of hydrogen-bond donors (Lipinski definition) is 2. The van der Waals surface area contributed by atoms with Crippen LogP contribution in [0.1, 0.15) is 30.9 Å². The van der Waals surface area contributed by atoms with Gasteiger partial charge in [-0.3, -0.25) is 9.79 Å². The first-order valence-electron chi connectivity index (χ1n) is 11.7. The highest BCUT2D eigenvalue weighted by Gasteiger charge is 2.24. The fraction of sp³-hybridized carbons (Fsp3) is 0.250. The number of piperidine rings is 1. The number of aliphatic hydroxyl groups is 1. The molecular formula is C28H27ClN4O3. The number of carbonyl (C=O) groups is 1. The standard InChI is InChI=1S/C28H27ClN4O3/c1-3-31-28(24-15-25(32-18(24)2)19-4-7-22(29)8-5-19)20-6-9-26(21(14-20)16-30)36-23-10-12-33(13-11-23)27(35)17-34/h3-9,14-15,23,32,34H,2,10-13,17H2,1H3/b28-24-,31-3?. The number of carbonyl (C=O) groups excluding carboxylic acids is 1. The zero-order chi connectivity index (χ0) is 25.7. The van der Waals surface area contributed by atoms with E-state index in [2.05, 4.69) is 22.6 Å². The Morgan fingerprint density at radius 2 is 2.00 bits per heavy atom. The lowest BCUT2D eigenvalue weighted by Crippen LogP contribution is -2.43. The van der Waals surface area contributed by atoms with Crippen molar-refractivity contribution >= 4 is 36.0 Å². The Bertz CT molecular complexity index is 1430. The molecule has 0 saturated carbocycles. The quantitative estimate of drug-likeness (QED) is 0.505. The number of aliphatic hydroxyl groups excluding tert-OH is 1. The molecule has 184 valence electrons. The van der Waals surface area contributed by atoms with Gasteiger partial charge >= 0.3 is 0 Å². The lowest BCUT2D eigenvalue weighted by Gasteiger charge is -2.32. The molecule has 0 spiro atoms. The number of halogens is 1. The topological polar surface area (TPSA) is 102 Å². The Kier molecular flexibility index (Phi) is 7.89. The van der Waals surface area contributed by atoms with Crippen molar-refractivity contribution in [2.24, 2.45) is 4.99 Å². The number of aliphatic imine (C=N–C) groups is 1. The zero-order valence-electron chi connectivity index (χ0n) is 20.0. The van der Waals surface area contributed by atoms with E-state index >= 15 is 0 Å². The minimum Gasteiger partial charge on any atom is -0.489 e. The summed E-state index contributed by atoms with van der Waals surface area (Å²) in [6, 6.07) is 17.2. The number of nitriles is 1. The number of ether oxygens (including phenoxy) is 1. The van der Waals surface area contributed by atoms with Crippen LogP contribution in [0.3, 0.4) is 0 Å². The Labute approximate surface area is 214 Å². The van der Waals surface area contributed by atoms with Crippen LogP contribution in [0.4, 0.5) is 0 Å². The number of rotatable bonds is 6. The molecule has 1 amide bonds. The average molecular weight is 503 g/mol. The van der Waals surface area contributed by atoms with E-state index in [9.17, 15) is 10.1 Å². The van der Waals surface area contributed by atoms with Crippen molar-refractivity contribution in [2.75, 3.05) is 19.7 Å². The fourth-order valence-corrected chi connectivity index (χ4v) is 4.42. The van der Waals surface area contributed by atoms with E-state index in [0.717, 1.165) is 22.0 Å². The number of hydrogen-bond acceptors (Lipinski definition) is 5. The fourth-order valence-electron chi connectivity index (χ4n) is 4.29. The highest BCUT2D eigenvalue weighted by Crippen LogP contribution is 2.27. The molecule has 36 heavy (non-hydrogen) atoms. The summed E-state index contributed by atoms with van der Waals surface area (Å²) in [5.74, 6) is 0.225. The molecule has 0 aliphatic carbocycles. The lowest BCUT2D eigenvalue weighted by molar-refractivity contribution is -0.135. The molecule has 8 heteroatoms. The van der Waals surface area contributed by atoms with Crippen molar-refractivity contribution in [2.45, 2.75) is 25.9 Å². The monoisotopic (exact) mass is 502 g/mol. The summed E-state index contributed by atoms with van der Waals surface area (Å²) < 4.78 is 6.13. The van der Waals surface area contributed by atoms with Crippen molar-refractivity contribution in [3.63, 3.8) is 0 Å². The molecule has 3 aromatic rings. The van der Waals surface area contributed by atoms with E-state index in [1.54, 1.807) is 23.2 Å². The van der Waals surface area contributed by atoms with Crippen molar-refractivity contribution in [3.8, 4) is 23.1 Å². The van der Waals surface area contributed by atoms with Gasteiger partial charge in [-0.25, -0.2) is 0 Å². The van der Waals surface area contributed by atoms with Crippen LogP contribution in [0, 0.1) is 11.3 Å². The van der Waals surface area contributed by atoms with Gasteiger partial charge in [0.25, 0.3) is 0 Å². The molecule has 0 unspecified atom stereocenters. The van der Waals surface area contributed by atoms with Crippen LogP contribution in [-0.4, -0.2) is 52.9 Å². The van der Waals surface area contributed by atoms with E-state index < -0.39 is 6.61 Å². The minimum atomic E-state index is -0.484. The number of aromatic nitrogens is 1. The Balaban J connectivity index is 1.64. The molecule has 1 aromatic heterocycles. The Morgan fingerprint density at radius 3 is 2.64 bits per heavy atom. The van der Waals surface area contributed by atoms with Gasteiger partial charge in [-0.1, -0.05) is 30.3 Å². The van der Waals surface area contributed by atoms with Crippen molar-refractivity contribution in [1.82, 2.24) is 9.88 Å². The number of H-pyrrole nitrogens is 1. The molecule has 2 N–H and O–H groups in total. The second-order valence-corrected chi connectivity index (χ2v) is 8.93. The minimum absolute atomic E-state index is 0.110. The van der Waals surface area contributed by atoms with Crippen LogP contribution in [0.2, 0.25) is 5.02 Å². The summed E-state index contributed by atoms with van der Waals surface area (Å²) in [4.78, 5) is 21.2. The van der Waals surface area contributed by atoms with Gasteiger partial charge in [0, 0.05) is 59.0 Å². The lowest BCUT2D eigenvalue weighted by atomic mass is 10.0. The zero-order valence-corrected chi connectivity index (χ0v) is 20.8. The smallest absolute Gasteiger partial charge is 0.248 e. The maximum absolute atomic E-state index is 11.7. The number of nitrogens with one attached hydrogen (secondary N) is 1. The van der Waals surface area contributed by atoms with Gasteiger partial charge in [-0.15, -0.1) is 0 Å². The highest BCUT2D eigenvalue weighted by atomic mass is 35.5. The summed E-state index contributed by atoms with van der Waals surface area (Å²) in [5.41, 5.74) is 3.74. The summed E-state index contributed by atoms with van der Waals surface area (Å²) in [5, 5.41) is 21.1. The van der Waals surface area contributed by atoms with Gasteiger partial charge < -0.3 is 19.7 Å². The molecule has 0 atom stereocenters. The predicted molar refractivity (Wildman–Crippen MR) is 141 cm³/mol. The third kappa shape index (κ3) is 5.51. The molecule has 1 fully saturated rings. The van der Waals surface area contributed by atoms with Gasteiger partial charge in [0.2, 0.25) is 5.91 Å². The number of likely N-dealkylation sites (tertiary alicyclic amines) is 1. The van der Waals surface area contributed by atoms with E-state index in [-0.39, 0.29) is 12.0 Å². The molecule has 1 aliphatic rings. The van der Waals surface area contributed by atoms with Crippen molar-refractivity contribution in [3.05, 3.63) is 75.2 Å². The summed E-state index contributed by atoms with van der Waals surface area (Å²) >= 11 is 6.03. The largest absolute Gasteiger partial charge is 0.489 e.